The van der Waals surface area contributed by atoms with Gasteiger partial charge in [-0.2, -0.15) is 0 Å². The van der Waals surface area contributed by atoms with E-state index in [1.807, 2.05) is 11.3 Å². The molecule has 0 aromatic carbocycles. The Bertz CT molecular complexity index is 343. The summed E-state index contributed by atoms with van der Waals surface area (Å²) in [7, 11) is 2.21. The molecule has 2 heterocycles. The van der Waals surface area contributed by atoms with Crippen molar-refractivity contribution in [3.05, 3.63) is 17.0 Å². The number of hydrogen-bond donors (Lipinski definition) is 1. The molecular weight excluding hydrogens is 204 g/mol. The number of nitrogens with zero attached hydrogens (tertiary/aromatic N) is 1. The van der Waals surface area contributed by atoms with Gasteiger partial charge >= 0.3 is 0 Å². The molecule has 3 heteroatoms. The Morgan fingerprint density at radius 1 is 1.53 bits per heavy atom. The zero-order valence-corrected chi connectivity index (χ0v) is 10.8. The van der Waals surface area contributed by atoms with Crippen LogP contribution in [0, 0.1) is 6.92 Å². The summed E-state index contributed by atoms with van der Waals surface area (Å²) in [5.74, 6) is 0. The molecule has 1 aromatic heterocycles. The fraction of sp³-hybridized carbons (Fsp3) is 0.667. The molecule has 15 heavy (non-hydrogen) atoms. The number of hydrogen-bond acceptors (Lipinski definition) is 3. The van der Waals surface area contributed by atoms with Crippen molar-refractivity contribution >= 4 is 16.3 Å². The summed E-state index contributed by atoms with van der Waals surface area (Å²) in [5, 5.41) is 7.16. The molecule has 1 aliphatic heterocycles. The molecule has 1 fully saturated rings. The summed E-state index contributed by atoms with van der Waals surface area (Å²) in [6.07, 6.45) is 1.22. The van der Waals surface area contributed by atoms with Crippen LogP contribution in [0.4, 0.5) is 5.00 Å². The Hall–Kier alpha value is -0.540. The molecule has 0 radical (unpaired) electrons. The highest BCUT2D eigenvalue weighted by Crippen LogP contribution is 2.31. The highest BCUT2D eigenvalue weighted by Gasteiger charge is 2.33. The second-order valence-electron chi connectivity index (χ2n) is 5.14. The monoisotopic (exact) mass is 224 g/mol. The minimum Gasteiger partial charge on any atom is -0.362 e. The van der Waals surface area contributed by atoms with Gasteiger partial charge in [-0.05, 0) is 44.2 Å². The van der Waals surface area contributed by atoms with Crippen molar-refractivity contribution in [1.82, 2.24) is 5.32 Å². The van der Waals surface area contributed by atoms with Gasteiger partial charge in [0.15, 0.2) is 0 Å². The summed E-state index contributed by atoms with van der Waals surface area (Å²) in [5.41, 5.74) is 1.69. The number of anilines is 1. The molecule has 0 amide bonds. The van der Waals surface area contributed by atoms with Crippen molar-refractivity contribution in [2.45, 2.75) is 38.8 Å². The first-order valence-electron chi connectivity index (χ1n) is 5.51. The summed E-state index contributed by atoms with van der Waals surface area (Å²) < 4.78 is 0. The number of aryl methyl sites for hydroxylation is 1. The van der Waals surface area contributed by atoms with Crippen molar-refractivity contribution in [2.75, 3.05) is 18.5 Å². The minimum atomic E-state index is 0.296. The van der Waals surface area contributed by atoms with Gasteiger partial charge in [0.2, 0.25) is 0 Å². The van der Waals surface area contributed by atoms with E-state index in [9.17, 15) is 0 Å². The number of likely N-dealkylation sites (N-methyl/N-ethyl adjacent to an activating group) is 1. The molecule has 84 valence electrons. The Morgan fingerprint density at radius 3 is 2.73 bits per heavy atom. The van der Waals surface area contributed by atoms with Gasteiger partial charge in [-0.25, -0.2) is 0 Å². The third kappa shape index (κ3) is 2.18. The second-order valence-corrected chi connectivity index (χ2v) is 6.04. The van der Waals surface area contributed by atoms with Gasteiger partial charge in [0.1, 0.15) is 0 Å². The first-order chi connectivity index (χ1) is 6.99. The Kier molecular flexibility index (Phi) is 2.77. The van der Waals surface area contributed by atoms with E-state index in [0.29, 0.717) is 11.6 Å². The molecule has 1 N–H and O–H groups in total. The number of thiophene rings is 1. The average molecular weight is 224 g/mol. The number of nitrogens with one attached hydrogen (secondary N) is 1. The standard InChI is InChI=1S/C12H20N2S/c1-9-5-6-15-11(9)14(4)10-7-12(2,3)13-8-10/h5-6,10,13H,7-8H2,1-4H3. The molecule has 2 rings (SSSR count). The van der Waals surface area contributed by atoms with Crippen LogP contribution >= 0.6 is 11.3 Å². The molecule has 0 saturated carbocycles. The lowest BCUT2D eigenvalue weighted by Crippen LogP contribution is -2.33. The van der Waals surface area contributed by atoms with Crippen LogP contribution in [0.5, 0.6) is 0 Å². The van der Waals surface area contributed by atoms with Crippen LogP contribution in [-0.4, -0.2) is 25.2 Å². The van der Waals surface area contributed by atoms with Crippen molar-refractivity contribution in [3.63, 3.8) is 0 Å². The summed E-state index contributed by atoms with van der Waals surface area (Å²) in [6, 6.07) is 2.83. The summed E-state index contributed by atoms with van der Waals surface area (Å²) in [6.45, 7) is 7.85. The SMILES string of the molecule is Cc1ccsc1N(C)C1CNC(C)(C)C1. The second kappa shape index (κ2) is 3.80. The van der Waals surface area contributed by atoms with E-state index >= 15 is 0 Å². The van der Waals surface area contributed by atoms with Gasteiger partial charge in [-0.3, -0.25) is 0 Å². The van der Waals surface area contributed by atoms with E-state index in [4.69, 9.17) is 0 Å². The molecule has 1 unspecified atom stereocenters. The van der Waals surface area contributed by atoms with Crippen LogP contribution in [0.2, 0.25) is 0 Å². The normalized spacial score (nSPS) is 24.4. The Balaban J connectivity index is 2.10. The zero-order chi connectivity index (χ0) is 11.1. The van der Waals surface area contributed by atoms with Crippen molar-refractivity contribution in [3.8, 4) is 0 Å². The quantitative estimate of drug-likeness (QED) is 0.831. The topological polar surface area (TPSA) is 15.3 Å². The molecule has 1 atom stereocenters. The maximum atomic E-state index is 3.57. The van der Waals surface area contributed by atoms with E-state index in [1.54, 1.807) is 0 Å². The van der Waals surface area contributed by atoms with Crippen LogP contribution in [0.3, 0.4) is 0 Å². The van der Waals surface area contributed by atoms with Gasteiger partial charge in [0.25, 0.3) is 0 Å². The molecule has 0 bridgehead atoms. The molecule has 0 aliphatic carbocycles. The summed E-state index contributed by atoms with van der Waals surface area (Å²) in [4.78, 5) is 2.43. The van der Waals surface area contributed by atoms with Crippen molar-refractivity contribution < 1.29 is 0 Å². The van der Waals surface area contributed by atoms with Crippen molar-refractivity contribution in [2.24, 2.45) is 0 Å². The molecule has 0 spiro atoms. The van der Waals surface area contributed by atoms with Crippen LogP contribution in [-0.2, 0) is 0 Å². The van der Waals surface area contributed by atoms with E-state index in [1.165, 1.54) is 17.0 Å². The first-order valence-corrected chi connectivity index (χ1v) is 6.39. The molecule has 1 saturated heterocycles. The van der Waals surface area contributed by atoms with Gasteiger partial charge in [0.05, 0.1) is 5.00 Å². The highest BCUT2D eigenvalue weighted by atomic mass is 32.1. The Labute approximate surface area is 96.3 Å². The highest BCUT2D eigenvalue weighted by molar-refractivity contribution is 7.14. The average Bonchev–Trinajstić information content (AvgIpc) is 2.71. The predicted molar refractivity (Wildman–Crippen MR) is 67.9 cm³/mol. The molecular formula is C12H20N2S. The van der Waals surface area contributed by atoms with Crippen molar-refractivity contribution in [1.29, 1.82) is 0 Å². The summed E-state index contributed by atoms with van der Waals surface area (Å²) >= 11 is 1.84. The molecule has 2 nitrogen and oxygen atoms in total. The smallest absolute Gasteiger partial charge is 0.0938 e. The fourth-order valence-corrected chi connectivity index (χ4v) is 3.26. The van der Waals surface area contributed by atoms with Gasteiger partial charge in [-0.15, -0.1) is 11.3 Å². The maximum absolute atomic E-state index is 3.57. The lowest BCUT2D eigenvalue weighted by Gasteiger charge is -2.26. The molecule has 1 aliphatic rings. The van der Waals surface area contributed by atoms with Crippen LogP contribution < -0.4 is 10.2 Å². The van der Waals surface area contributed by atoms with Gasteiger partial charge in [-0.1, -0.05) is 0 Å². The first kappa shape index (κ1) is 11.0. The van der Waals surface area contributed by atoms with Gasteiger partial charge < -0.3 is 10.2 Å². The largest absolute Gasteiger partial charge is 0.362 e. The van der Waals surface area contributed by atoms with E-state index in [-0.39, 0.29) is 0 Å². The minimum absolute atomic E-state index is 0.296. The number of rotatable bonds is 2. The Morgan fingerprint density at radius 2 is 2.27 bits per heavy atom. The fourth-order valence-electron chi connectivity index (χ4n) is 2.29. The third-order valence-electron chi connectivity index (χ3n) is 3.27. The van der Waals surface area contributed by atoms with Crippen LogP contribution in [0.15, 0.2) is 11.4 Å². The maximum Gasteiger partial charge on any atom is 0.0938 e. The van der Waals surface area contributed by atoms with E-state index in [2.05, 4.69) is 49.5 Å². The lowest BCUT2D eigenvalue weighted by atomic mass is 10.0. The van der Waals surface area contributed by atoms with E-state index < -0.39 is 0 Å². The third-order valence-corrected chi connectivity index (χ3v) is 4.37. The zero-order valence-electron chi connectivity index (χ0n) is 10.0. The van der Waals surface area contributed by atoms with Crippen LogP contribution in [0.25, 0.3) is 0 Å². The van der Waals surface area contributed by atoms with Crippen LogP contribution in [0.1, 0.15) is 25.8 Å². The predicted octanol–water partition coefficient (Wildman–Crippen LogP) is 2.63. The van der Waals surface area contributed by atoms with Gasteiger partial charge in [0, 0.05) is 25.2 Å². The van der Waals surface area contributed by atoms with E-state index in [0.717, 1.165) is 6.54 Å². The molecule has 1 aromatic rings. The lowest BCUT2D eigenvalue weighted by molar-refractivity contribution is 0.454.